The monoisotopic (exact) mass is 262 g/mol. The summed E-state index contributed by atoms with van der Waals surface area (Å²) in [5, 5.41) is 0. The van der Waals surface area contributed by atoms with E-state index in [1.807, 2.05) is 17.0 Å². The molecule has 0 aromatic heterocycles. The number of likely N-dealkylation sites (tertiary alicyclic amines) is 1. The second kappa shape index (κ2) is 5.61. The number of piperidine rings is 1. The lowest BCUT2D eigenvalue weighted by Crippen LogP contribution is -2.49. The summed E-state index contributed by atoms with van der Waals surface area (Å²) in [4.78, 5) is 13.2. The Kier molecular flexibility index (Phi) is 4.10. The average molecular weight is 262 g/mol. The second-order valence-corrected chi connectivity index (χ2v) is 5.27. The van der Waals surface area contributed by atoms with E-state index in [2.05, 4.69) is 13.0 Å². The van der Waals surface area contributed by atoms with Crippen LogP contribution in [-0.2, 0) is 4.79 Å². The maximum Gasteiger partial charge on any atom is 0.219 e. The first kappa shape index (κ1) is 13.9. The Morgan fingerprint density at radius 1 is 1.47 bits per heavy atom. The number of aryl methyl sites for hydroxylation is 1. The molecule has 4 heteroatoms. The van der Waals surface area contributed by atoms with E-state index < -0.39 is 0 Å². The Labute approximate surface area is 114 Å². The predicted octanol–water partition coefficient (Wildman–Crippen LogP) is 1.67. The fourth-order valence-electron chi connectivity index (χ4n) is 2.80. The van der Waals surface area contributed by atoms with Crippen LogP contribution in [0, 0.1) is 6.92 Å². The standard InChI is InChI=1S/C15H22N2O2/c1-10-4-5-15(19-3)13(8-10)12-6-7-17(11(2)18)9-14(12)16/h4-5,8,12,14H,6-7,9,16H2,1-3H3. The number of benzene rings is 1. The summed E-state index contributed by atoms with van der Waals surface area (Å²) in [6.07, 6.45) is 0.889. The zero-order valence-corrected chi connectivity index (χ0v) is 11.8. The quantitative estimate of drug-likeness (QED) is 0.882. The van der Waals surface area contributed by atoms with E-state index in [0.29, 0.717) is 6.54 Å². The lowest BCUT2D eigenvalue weighted by molar-refractivity contribution is -0.130. The van der Waals surface area contributed by atoms with Crippen LogP contribution < -0.4 is 10.5 Å². The van der Waals surface area contributed by atoms with Gasteiger partial charge in [0.2, 0.25) is 5.91 Å². The van der Waals surface area contributed by atoms with E-state index in [4.69, 9.17) is 10.5 Å². The first-order chi connectivity index (χ1) is 9.02. The fraction of sp³-hybridized carbons (Fsp3) is 0.533. The molecule has 1 fully saturated rings. The molecule has 1 aliphatic rings. The minimum atomic E-state index is -0.0339. The van der Waals surface area contributed by atoms with Gasteiger partial charge >= 0.3 is 0 Å². The molecule has 1 aliphatic heterocycles. The van der Waals surface area contributed by atoms with Crippen LogP contribution in [0.25, 0.3) is 0 Å². The van der Waals surface area contributed by atoms with Gasteiger partial charge in [-0.2, -0.15) is 0 Å². The molecule has 0 saturated carbocycles. The number of methoxy groups -OCH3 is 1. The summed E-state index contributed by atoms with van der Waals surface area (Å²) in [6.45, 7) is 5.06. The van der Waals surface area contributed by atoms with E-state index in [-0.39, 0.29) is 17.9 Å². The number of hydrogen-bond acceptors (Lipinski definition) is 3. The van der Waals surface area contributed by atoms with Gasteiger partial charge in [0.15, 0.2) is 0 Å². The molecular weight excluding hydrogens is 240 g/mol. The number of hydrogen-bond donors (Lipinski definition) is 1. The SMILES string of the molecule is COc1ccc(C)cc1C1CCN(C(C)=O)CC1N. The third-order valence-corrected chi connectivity index (χ3v) is 3.89. The van der Waals surface area contributed by atoms with Crippen molar-refractivity contribution in [3.63, 3.8) is 0 Å². The number of nitrogens with two attached hydrogens (primary N) is 1. The first-order valence-electron chi connectivity index (χ1n) is 6.68. The van der Waals surface area contributed by atoms with Crippen molar-refractivity contribution < 1.29 is 9.53 Å². The van der Waals surface area contributed by atoms with Crippen LogP contribution >= 0.6 is 0 Å². The molecule has 1 aromatic rings. The van der Waals surface area contributed by atoms with Crippen LogP contribution in [-0.4, -0.2) is 37.0 Å². The lowest BCUT2D eigenvalue weighted by Gasteiger charge is -2.37. The van der Waals surface area contributed by atoms with Crippen molar-refractivity contribution in [3.05, 3.63) is 29.3 Å². The zero-order chi connectivity index (χ0) is 14.0. The largest absolute Gasteiger partial charge is 0.496 e. The molecule has 2 unspecified atom stereocenters. The molecule has 2 atom stereocenters. The molecular formula is C15H22N2O2. The Hall–Kier alpha value is -1.55. The average Bonchev–Trinajstić information content (AvgIpc) is 2.38. The molecule has 19 heavy (non-hydrogen) atoms. The minimum Gasteiger partial charge on any atom is -0.496 e. The van der Waals surface area contributed by atoms with Crippen LogP contribution in [0.1, 0.15) is 30.4 Å². The number of rotatable bonds is 2. The molecule has 1 heterocycles. The molecule has 0 spiro atoms. The molecule has 1 saturated heterocycles. The summed E-state index contributed by atoms with van der Waals surface area (Å²) in [7, 11) is 1.68. The maximum atomic E-state index is 11.4. The summed E-state index contributed by atoms with van der Waals surface area (Å²) in [5.41, 5.74) is 8.63. The van der Waals surface area contributed by atoms with Gasteiger partial charge in [0.25, 0.3) is 0 Å². The van der Waals surface area contributed by atoms with Crippen molar-refractivity contribution in [3.8, 4) is 5.75 Å². The van der Waals surface area contributed by atoms with Crippen LogP contribution in [0.4, 0.5) is 0 Å². The molecule has 1 aromatic carbocycles. The zero-order valence-electron chi connectivity index (χ0n) is 11.8. The molecule has 1 amide bonds. The van der Waals surface area contributed by atoms with Crippen molar-refractivity contribution in [2.75, 3.05) is 20.2 Å². The van der Waals surface area contributed by atoms with Crippen molar-refractivity contribution in [2.24, 2.45) is 5.73 Å². The Balaban J connectivity index is 2.23. The maximum absolute atomic E-state index is 11.4. The van der Waals surface area contributed by atoms with E-state index in [0.717, 1.165) is 18.7 Å². The van der Waals surface area contributed by atoms with Crippen LogP contribution in [0.2, 0.25) is 0 Å². The molecule has 104 valence electrons. The smallest absolute Gasteiger partial charge is 0.219 e. The second-order valence-electron chi connectivity index (χ2n) is 5.27. The van der Waals surface area contributed by atoms with E-state index in [9.17, 15) is 4.79 Å². The van der Waals surface area contributed by atoms with Gasteiger partial charge in [0.1, 0.15) is 5.75 Å². The van der Waals surface area contributed by atoms with Gasteiger partial charge in [-0.25, -0.2) is 0 Å². The van der Waals surface area contributed by atoms with Gasteiger partial charge in [-0.3, -0.25) is 4.79 Å². The van der Waals surface area contributed by atoms with Crippen LogP contribution in [0.3, 0.4) is 0 Å². The third kappa shape index (κ3) is 2.89. The molecule has 4 nitrogen and oxygen atoms in total. The Bertz CT molecular complexity index is 473. The normalized spacial score (nSPS) is 23.3. The van der Waals surface area contributed by atoms with E-state index in [1.165, 1.54) is 11.1 Å². The molecule has 2 N–H and O–H groups in total. The summed E-state index contributed by atoms with van der Waals surface area (Å²) in [5.74, 6) is 1.25. The lowest BCUT2D eigenvalue weighted by atomic mass is 9.84. The van der Waals surface area contributed by atoms with Gasteiger partial charge in [0.05, 0.1) is 7.11 Å². The number of ether oxygens (including phenoxy) is 1. The number of nitrogens with zero attached hydrogens (tertiary/aromatic N) is 1. The predicted molar refractivity (Wildman–Crippen MR) is 75.3 cm³/mol. The van der Waals surface area contributed by atoms with Crippen molar-refractivity contribution >= 4 is 5.91 Å². The van der Waals surface area contributed by atoms with Gasteiger partial charge < -0.3 is 15.4 Å². The molecule has 0 bridgehead atoms. The number of carbonyl (C=O) groups excluding carboxylic acids is 1. The van der Waals surface area contributed by atoms with E-state index >= 15 is 0 Å². The third-order valence-electron chi connectivity index (χ3n) is 3.89. The van der Waals surface area contributed by atoms with Gasteiger partial charge in [-0.15, -0.1) is 0 Å². The van der Waals surface area contributed by atoms with Crippen molar-refractivity contribution in [1.29, 1.82) is 0 Å². The van der Waals surface area contributed by atoms with Crippen molar-refractivity contribution in [2.45, 2.75) is 32.2 Å². The fourth-order valence-corrected chi connectivity index (χ4v) is 2.80. The minimum absolute atomic E-state index is 0.0339. The van der Waals surface area contributed by atoms with Crippen LogP contribution in [0.5, 0.6) is 5.75 Å². The Morgan fingerprint density at radius 3 is 2.79 bits per heavy atom. The highest BCUT2D eigenvalue weighted by Crippen LogP contribution is 2.34. The first-order valence-corrected chi connectivity index (χ1v) is 6.68. The van der Waals surface area contributed by atoms with Gasteiger partial charge in [-0.05, 0) is 25.0 Å². The van der Waals surface area contributed by atoms with Crippen molar-refractivity contribution in [1.82, 2.24) is 4.90 Å². The topological polar surface area (TPSA) is 55.6 Å². The van der Waals surface area contributed by atoms with E-state index in [1.54, 1.807) is 14.0 Å². The highest BCUT2D eigenvalue weighted by atomic mass is 16.5. The summed E-state index contributed by atoms with van der Waals surface area (Å²) in [6, 6.07) is 6.15. The Morgan fingerprint density at radius 2 is 2.21 bits per heavy atom. The van der Waals surface area contributed by atoms with Gasteiger partial charge in [-0.1, -0.05) is 17.7 Å². The summed E-state index contributed by atoms with van der Waals surface area (Å²) >= 11 is 0. The van der Waals surface area contributed by atoms with Crippen LogP contribution in [0.15, 0.2) is 18.2 Å². The molecule has 0 aliphatic carbocycles. The number of carbonyl (C=O) groups is 1. The highest BCUT2D eigenvalue weighted by Gasteiger charge is 2.30. The van der Waals surface area contributed by atoms with Gasteiger partial charge in [0, 0.05) is 32.0 Å². The summed E-state index contributed by atoms with van der Waals surface area (Å²) < 4.78 is 5.44. The molecule has 2 rings (SSSR count). The highest BCUT2D eigenvalue weighted by molar-refractivity contribution is 5.73. The molecule has 0 radical (unpaired) electrons. The number of amides is 1.